The van der Waals surface area contributed by atoms with Gasteiger partial charge < -0.3 is 0 Å². The van der Waals surface area contributed by atoms with E-state index in [-0.39, 0.29) is 15.2 Å². The first kappa shape index (κ1) is 12.4. The molecule has 85 valence electrons. The Morgan fingerprint density at radius 2 is 1.24 bits per heavy atom. The van der Waals surface area contributed by atoms with Gasteiger partial charge in [0.05, 0.1) is 0 Å². The van der Waals surface area contributed by atoms with Gasteiger partial charge in [0.25, 0.3) is 15.2 Å². The zero-order valence-electron chi connectivity index (χ0n) is 10.6. The topological polar surface area (TPSA) is 0 Å². The van der Waals surface area contributed by atoms with Crippen LogP contribution in [0.1, 0.15) is 25.0 Å². The van der Waals surface area contributed by atoms with Crippen molar-refractivity contribution in [1.29, 1.82) is 0 Å². The predicted octanol–water partition coefficient (Wildman–Crippen LogP) is 2.47. The van der Waals surface area contributed by atoms with Gasteiger partial charge in [-0.15, -0.1) is 8.85 Å². The maximum Gasteiger partial charge on any atom is 0.298 e. The highest BCUT2D eigenvalue weighted by Gasteiger charge is 2.01. The predicted molar refractivity (Wildman–Crippen MR) is 76.7 cm³/mol. The normalized spacial score (nSPS) is 10.2. The van der Waals surface area contributed by atoms with E-state index in [1.54, 1.807) is 0 Å². The molecule has 0 saturated carbocycles. The molecule has 2 aromatic rings. The standard InChI is InChI=1S/2C8H9.Al/c2*1-2-8-6-4-3-5-7-8;/h2*3-4,6-7H,2H2,1H3;. The molecule has 2 aromatic carbocycles. The molecule has 0 N–H and O–H groups in total. The highest BCUT2D eigenvalue weighted by Crippen LogP contribution is 1.99. The molecule has 0 heterocycles. The summed E-state index contributed by atoms with van der Waals surface area (Å²) in [6.07, 6.45) is 2.25. The Hall–Kier alpha value is -1.03. The fraction of sp³-hybridized carbons (Fsp3) is 0.250. The Kier molecular flexibility index (Phi) is 4.43. The van der Waals surface area contributed by atoms with E-state index >= 15 is 0 Å². The SMILES string of the molecule is CCc1ccc[c]([Al][c]2cccc(CC)c2)c1. The molecule has 0 fully saturated rings. The van der Waals surface area contributed by atoms with Crippen LogP contribution in [0.4, 0.5) is 0 Å². The van der Waals surface area contributed by atoms with E-state index in [1.165, 1.54) is 20.0 Å². The van der Waals surface area contributed by atoms with Gasteiger partial charge in [-0.3, -0.25) is 0 Å². The molecule has 0 atom stereocenters. The molecule has 0 saturated heterocycles. The molecule has 0 spiro atoms. The molecule has 1 heteroatoms. The molecule has 17 heavy (non-hydrogen) atoms. The van der Waals surface area contributed by atoms with Crippen LogP contribution in [0.15, 0.2) is 48.5 Å². The van der Waals surface area contributed by atoms with E-state index in [1.807, 2.05) is 0 Å². The van der Waals surface area contributed by atoms with Crippen LogP contribution in [0, 0.1) is 0 Å². The van der Waals surface area contributed by atoms with Gasteiger partial charge in [-0.1, -0.05) is 62.4 Å². The van der Waals surface area contributed by atoms with Crippen molar-refractivity contribution in [3.8, 4) is 0 Å². The average Bonchev–Trinajstić information content (AvgIpc) is 2.39. The van der Waals surface area contributed by atoms with Crippen LogP contribution in [0.2, 0.25) is 0 Å². The summed E-state index contributed by atoms with van der Waals surface area (Å²) in [6.45, 7) is 4.43. The molecule has 2 rings (SSSR count). The van der Waals surface area contributed by atoms with Crippen molar-refractivity contribution in [2.24, 2.45) is 0 Å². The molecule has 1 radical (unpaired) electrons. The zero-order chi connectivity index (χ0) is 12.1. The lowest BCUT2D eigenvalue weighted by Gasteiger charge is -2.04. The molecule has 0 aliphatic rings. The number of rotatable bonds is 4. The van der Waals surface area contributed by atoms with E-state index < -0.39 is 0 Å². The first-order chi connectivity index (χ1) is 8.31. The largest absolute Gasteiger partial charge is 0.298 e. The second-order valence-electron chi connectivity index (χ2n) is 4.34. The van der Waals surface area contributed by atoms with Gasteiger partial charge in [-0.05, 0) is 24.0 Å². The van der Waals surface area contributed by atoms with Gasteiger partial charge in [0, 0.05) is 0 Å². The number of hydrogen-bond donors (Lipinski definition) is 0. The maximum absolute atomic E-state index is 2.36. The molecule has 0 aliphatic carbocycles. The van der Waals surface area contributed by atoms with E-state index in [9.17, 15) is 0 Å². The van der Waals surface area contributed by atoms with Crippen LogP contribution in [0.5, 0.6) is 0 Å². The lowest BCUT2D eigenvalue weighted by Crippen LogP contribution is -2.27. The summed E-state index contributed by atoms with van der Waals surface area (Å²) in [5, 5.41) is 0. The van der Waals surface area contributed by atoms with Crippen molar-refractivity contribution in [1.82, 2.24) is 0 Å². The first-order valence-corrected chi connectivity index (χ1v) is 7.50. The molecule has 0 aliphatic heterocycles. The average molecular weight is 237 g/mol. The number of aryl methyl sites for hydroxylation is 2. The third kappa shape index (κ3) is 3.46. The van der Waals surface area contributed by atoms with Crippen LogP contribution in [0.3, 0.4) is 0 Å². The molecular weight excluding hydrogens is 219 g/mol. The first-order valence-electron chi connectivity index (χ1n) is 6.34. The quantitative estimate of drug-likeness (QED) is 0.717. The van der Waals surface area contributed by atoms with Crippen LogP contribution >= 0.6 is 0 Å². The monoisotopic (exact) mass is 237 g/mol. The lowest BCUT2D eigenvalue weighted by molar-refractivity contribution is 1.14. The van der Waals surface area contributed by atoms with Crippen molar-refractivity contribution < 1.29 is 0 Å². The smallest absolute Gasteiger partial charge is 0.116 e. The van der Waals surface area contributed by atoms with Crippen LogP contribution in [-0.4, -0.2) is 15.2 Å². The summed E-state index contributed by atoms with van der Waals surface area (Å²) >= 11 is 0.240. The van der Waals surface area contributed by atoms with Gasteiger partial charge in [0.15, 0.2) is 0 Å². The van der Waals surface area contributed by atoms with Gasteiger partial charge in [0.1, 0.15) is 0 Å². The molecule has 0 aromatic heterocycles. The Balaban J connectivity index is 2.18. The summed E-state index contributed by atoms with van der Waals surface area (Å²) in [4.78, 5) is 0. The second kappa shape index (κ2) is 6.05. The van der Waals surface area contributed by atoms with Gasteiger partial charge in [0.2, 0.25) is 0 Å². The summed E-state index contributed by atoms with van der Waals surface area (Å²) in [5.41, 5.74) is 2.89. The minimum absolute atomic E-state index is 0.240. The van der Waals surface area contributed by atoms with Crippen molar-refractivity contribution in [2.75, 3.05) is 0 Å². The third-order valence-corrected chi connectivity index (χ3v) is 4.44. The van der Waals surface area contributed by atoms with E-state index in [2.05, 4.69) is 62.4 Å². The fourth-order valence-electron chi connectivity index (χ4n) is 2.00. The molecule has 0 bridgehead atoms. The Bertz CT molecular complexity index is 443. The Labute approximate surface area is 110 Å². The summed E-state index contributed by atoms with van der Waals surface area (Å²) in [6, 6.07) is 18.0. The molecule has 0 nitrogen and oxygen atoms in total. The maximum atomic E-state index is 2.36. The fourth-order valence-corrected chi connectivity index (χ4v) is 3.39. The minimum atomic E-state index is 0.240. The Morgan fingerprint density at radius 1 is 0.765 bits per heavy atom. The van der Waals surface area contributed by atoms with Crippen molar-refractivity contribution in [3.63, 3.8) is 0 Å². The number of hydrogen-bond acceptors (Lipinski definition) is 0. The third-order valence-electron chi connectivity index (χ3n) is 3.05. The van der Waals surface area contributed by atoms with Gasteiger partial charge in [-0.25, -0.2) is 0 Å². The van der Waals surface area contributed by atoms with Crippen molar-refractivity contribution in [3.05, 3.63) is 59.7 Å². The highest BCUT2D eigenvalue weighted by molar-refractivity contribution is 6.67. The van der Waals surface area contributed by atoms with Crippen LogP contribution < -0.4 is 8.85 Å². The summed E-state index contributed by atoms with van der Waals surface area (Å²) in [5.74, 6) is 0. The number of benzene rings is 2. The van der Waals surface area contributed by atoms with Crippen LogP contribution in [-0.2, 0) is 12.8 Å². The summed E-state index contributed by atoms with van der Waals surface area (Å²) < 4.78 is 3.00. The molecular formula is C16H18Al. The summed E-state index contributed by atoms with van der Waals surface area (Å²) in [7, 11) is 0. The minimum Gasteiger partial charge on any atom is -0.116 e. The molecule has 0 unspecified atom stereocenters. The van der Waals surface area contributed by atoms with Crippen molar-refractivity contribution in [2.45, 2.75) is 26.7 Å². The second-order valence-corrected chi connectivity index (χ2v) is 5.96. The van der Waals surface area contributed by atoms with Crippen molar-refractivity contribution >= 4 is 24.1 Å². The van der Waals surface area contributed by atoms with E-state index in [0.29, 0.717) is 0 Å². The van der Waals surface area contributed by atoms with Gasteiger partial charge >= 0.3 is 0 Å². The van der Waals surface area contributed by atoms with E-state index in [0.717, 1.165) is 12.8 Å². The highest BCUT2D eigenvalue weighted by atomic mass is 27.1. The zero-order valence-corrected chi connectivity index (χ0v) is 11.8. The van der Waals surface area contributed by atoms with E-state index in [4.69, 9.17) is 0 Å². The lowest BCUT2D eigenvalue weighted by atomic mass is 10.2. The van der Waals surface area contributed by atoms with Crippen LogP contribution in [0.25, 0.3) is 0 Å². The molecule has 0 amide bonds. The Morgan fingerprint density at radius 3 is 1.65 bits per heavy atom. The van der Waals surface area contributed by atoms with Gasteiger partial charge in [-0.2, -0.15) is 0 Å².